The van der Waals surface area contributed by atoms with Crippen LogP contribution >= 0.6 is 0 Å². The predicted molar refractivity (Wildman–Crippen MR) is 73.7 cm³/mol. The number of anilines is 1. The molecular weight excluding hydrogens is 244 g/mol. The maximum Gasteiger partial charge on any atom is 0.252 e. The van der Waals surface area contributed by atoms with E-state index in [0.29, 0.717) is 5.56 Å². The molecule has 0 aliphatic rings. The molecule has 0 fully saturated rings. The molecule has 0 saturated heterocycles. The second kappa shape index (κ2) is 6.17. The molecule has 19 heavy (non-hydrogen) atoms. The Hall–Kier alpha value is -2.11. The van der Waals surface area contributed by atoms with Crippen molar-refractivity contribution in [1.29, 1.82) is 0 Å². The van der Waals surface area contributed by atoms with Crippen LogP contribution in [0.25, 0.3) is 0 Å². The summed E-state index contributed by atoms with van der Waals surface area (Å²) in [5, 5.41) is 5.71. The van der Waals surface area contributed by atoms with Crippen molar-refractivity contribution in [1.82, 2.24) is 10.3 Å². The number of hydrogen-bond acceptors (Lipinski definition) is 4. The van der Waals surface area contributed by atoms with Gasteiger partial charge in [-0.05, 0) is 32.9 Å². The van der Waals surface area contributed by atoms with Crippen LogP contribution in [0.3, 0.4) is 0 Å². The van der Waals surface area contributed by atoms with Crippen molar-refractivity contribution in [3.63, 3.8) is 0 Å². The van der Waals surface area contributed by atoms with E-state index in [2.05, 4.69) is 15.6 Å². The van der Waals surface area contributed by atoms with Gasteiger partial charge in [0, 0.05) is 19.3 Å². The molecule has 0 spiro atoms. The molecule has 1 aromatic rings. The fraction of sp³-hybridized carbons (Fsp3) is 0.462. The molecule has 1 rings (SSSR count). The molecule has 0 aliphatic heterocycles. The lowest BCUT2D eigenvalue weighted by Crippen LogP contribution is -2.42. The first-order chi connectivity index (χ1) is 8.86. The molecule has 0 saturated carbocycles. The second-order valence-electron chi connectivity index (χ2n) is 4.89. The van der Waals surface area contributed by atoms with Gasteiger partial charge in [0.1, 0.15) is 5.82 Å². The Kier molecular flexibility index (Phi) is 4.86. The van der Waals surface area contributed by atoms with Gasteiger partial charge in [0.15, 0.2) is 0 Å². The third-order valence-electron chi connectivity index (χ3n) is 2.74. The van der Waals surface area contributed by atoms with E-state index >= 15 is 0 Å². The van der Waals surface area contributed by atoms with Crippen LogP contribution in [0.1, 0.15) is 31.1 Å². The Morgan fingerprint density at radius 2 is 2.05 bits per heavy atom. The van der Waals surface area contributed by atoms with Gasteiger partial charge in [-0.1, -0.05) is 0 Å². The zero-order valence-electron chi connectivity index (χ0n) is 11.5. The van der Waals surface area contributed by atoms with Crippen molar-refractivity contribution in [2.75, 3.05) is 18.4 Å². The Morgan fingerprint density at radius 3 is 2.53 bits per heavy atom. The van der Waals surface area contributed by atoms with Crippen LogP contribution in [-0.4, -0.2) is 29.9 Å². The van der Waals surface area contributed by atoms with Gasteiger partial charge in [0.25, 0.3) is 5.91 Å². The minimum atomic E-state index is -0.771. The van der Waals surface area contributed by atoms with Crippen LogP contribution in [0.2, 0.25) is 0 Å². The smallest absolute Gasteiger partial charge is 0.252 e. The molecular formula is C13H20N4O2. The molecule has 0 aliphatic carbocycles. The summed E-state index contributed by atoms with van der Waals surface area (Å²) in [6.07, 6.45) is 1.49. The summed E-state index contributed by atoms with van der Waals surface area (Å²) in [6, 6.07) is 3.41. The van der Waals surface area contributed by atoms with E-state index in [1.54, 1.807) is 26.0 Å². The largest absolute Gasteiger partial charge is 0.370 e. The first-order valence-electron chi connectivity index (χ1n) is 6.15. The molecule has 6 heteroatoms. The molecule has 104 valence electrons. The number of aromatic nitrogens is 1. The van der Waals surface area contributed by atoms with E-state index < -0.39 is 11.3 Å². The molecule has 0 bridgehead atoms. The SMILES string of the molecule is CCNc1ccc(C(=O)NCC(C)(C)C(N)=O)cn1. The highest BCUT2D eigenvalue weighted by Crippen LogP contribution is 2.12. The molecule has 1 heterocycles. The van der Waals surface area contributed by atoms with Crippen LogP contribution in [0.15, 0.2) is 18.3 Å². The fourth-order valence-corrected chi connectivity index (χ4v) is 1.30. The zero-order chi connectivity index (χ0) is 14.5. The number of hydrogen-bond donors (Lipinski definition) is 3. The van der Waals surface area contributed by atoms with Crippen molar-refractivity contribution in [3.05, 3.63) is 23.9 Å². The molecule has 1 aromatic heterocycles. The summed E-state index contributed by atoms with van der Waals surface area (Å²) in [7, 11) is 0. The van der Waals surface area contributed by atoms with Gasteiger partial charge in [-0.15, -0.1) is 0 Å². The normalized spacial score (nSPS) is 10.9. The van der Waals surface area contributed by atoms with E-state index in [4.69, 9.17) is 5.73 Å². The number of primary amides is 1. The molecule has 6 nitrogen and oxygen atoms in total. The highest BCUT2D eigenvalue weighted by molar-refractivity contribution is 5.94. The summed E-state index contributed by atoms with van der Waals surface area (Å²) >= 11 is 0. The minimum absolute atomic E-state index is 0.191. The van der Waals surface area contributed by atoms with E-state index in [-0.39, 0.29) is 12.5 Å². The van der Waals surface area contributed by atoms with Crippen molar-refractivity contribution in [2.24, 2.45) is 11.1 Å². The third-order valence-corrected chi connectivity index (χ3v) is 2.74. The lowest BCUT2D eigenvalue weighted by Gasteiger charge is -2.20. The van der Waals surface area contributed by atoms with Gasteiger partial charge in [0.2, 0.25) is 5.91 Å². The lowest BCUT2D eigenvalue weighted by molar-refractivity contribution is -0.125. The van der Waals surface area contributed by atoms with Crippen LogP contribution in [-0.2, 0) is 4.79 Å². The highest BCUT2D eigenvalue weighted by atomic mass is 16.2. The summed E-state index contributed by atoms with van der Waals surface area (Å²) in [4.78, 5) is 27.1. The van der Waals surface area contributed by atoms with E-state index in [9.17, 15) is 9.59 Å². The van der Waals surface area contributed by atoms with Gasteiger partial charge in [-0.2, -0.15) is 0 Å². The third kappa shape index (κ3) is 4.24. The van der Waals surface area contributed by atoms with Crippen molar-refractivity contribution >= 4 is 17.6 Å². The number of carbonyl (C=O) groups is 2. The second-order valence-corrected chi connectivity index (χ2v) is 4.89. The maximum absolute atomic E-state index is 11.9. The van der Waals surface area contributed by atoms with Gasteiger partial charge >= 0.3 is 0 Å². The molecule has 2 amide bonds. The topological polar surface area (TPSA) is 97.1 Å². The van der Waals surface area contributed by atoms with E-state index in [0.717, 1.165) is 12.4 Å². The molecule has 0 radical (unpaired) electrons. The van der Waals surface area contributed by atoms with Gasteiger partial charge < -0.3 is 16.4 Å². The fourth-order valence-electron chi connectivity index (χ4n) is 1.30. The Labute approximate surface area is 112 Å². The van der Waals surface area contributed by atoms with Crippen LogP contribution in [0.4, 0.5) is 5.82 Å². The number of pyridine rings is 1. The van der Waals surface area contributed by atoms with E-state index in [1.165, 1.54) is 6.20 Å². The van der Waals surface area contributed by atoms with E-state index in [1.807, 2.05) is 6.92 Å². The Balaban J connectivity index is 2.61. The minimum Gasteiger partial charge on any atom is -0.370 e. The average molecular weight is 264 g/mol. The van der Waals surface area contributed by atoms with Crippen molar-refractivity contribution in [3.8, 4) is 0 Å². The number of nitrogens with zero attached hydrogens (tertiary/aromatic N) is 1. The highest BCUT2D eigenvalue weighted by Gasteiger charge is 2.25. The average Bonchev–Trinajstić information content (AvgIpc) is 2.37. The summed E-state index contributed by atoms with van der Waals surface area (Å²) in [6.45, 7) is 6.29. The first-order valence-corrected chi connectivity index (χ1v) is 6.15. The maximum atomic E-state index is 11.9. The first kappa shape index (κ1) is 14.9. The van der Waals surface area contributed by atoms with Crippen molar-refractivity contribution < 1.29 is 9.59 Å². The number of amides is 2. The number of nitrogens with two attached hydrogens (primary N) is 1. The monoisotopic (exact) mass is 264 g/mol. The van der Waals surface area contributed by atoms with Crippen LogP contribution in [0, 0.1) is 5.41 Å². The molecule has 0 unspecified atom stereocenters. The molecule has 4 N–H and O–H groups in total. The predicted octanol–water partition coefficient (Wildman–Crippen LogP) is 0.755. The summed E-state index contributed by atoms with van der Waals surface area (Å²) in [5.41, 5.74) is 4.91. The van der Waals surface area contributed by atoms with Crippen molar-refractivity contribution in [2.45, 2.75) is 20.8 Å². The van der Waals surface area contributed by atoms with Crippen LogP contribution < -0.4 is 16.4 Å². The zero-order valence-corrected chi connectivity index (χ0v) is 11.5. The number of nitrogens with one attached hydrogen (secondary N) is 2. The molecule has 0 atom stereocenters. The van der Waals surface area contributed by atoms with Crippen LogP contribution in [0.5, 0.6) is 0 Å². The van der Waals surface area contributed by atoms with Gasteiger partial charge in [-0.25, -0.2) is 4.98 Å². The standard InChI is InChI=1S/C13H20N4O2/c1-4-15-10-6-5-9(7-16-10)11(18)17-8-13(2,3)12(14)19/h5-7H,4,8H2,1-3H3,(H2,14,19)(H,15,16)(H,17,18). The Bertz CT molecular complexity index is 454. The van der Waals surface area contributed by atoms with Gasteiger partial charge in [-0.3, -0.25) is 9.59 Å². The lowest BCUT2D eigenvalue weighted by atomic mass is 9.93. The quantitative estimate of drug-likeness (QED) is 0.706. The summed E-state index contributed by atoms with van der Waals surface area (Å²) in [5.74, 6) is -0.00481. The number of rotatable bonds is 6. The summed E-state index contributed by atoms with van der Waals surface area (Å²) < 4.78 is 0. The van der Waals surface area contributed by atoms with Gasteiger partial charge in [0.05, 0.1) is 11.0 Å². The Morgan fingerprint density at radius 1 is 1.37 bits per heavy atom. The molecule has 0 aromatic carbocycles. The number of carbonyl (C=O) groups excluding carboxylic acids is 2.